The normalized spacial score (nSPS) is 11.8. The van der Waals surface area contributed by atoms with Crippen molar-refractivity contribution in [2.24, 2.45) is 0 Å². The van der Waals surface area contributed by atoms with Gasteiger partial charge in [-0.3, -0.25) is 0 Å². The number of rotatable bonds is 5. The van der Waals surface area contributed by atoms with E-state index in [4.69, 9.17) is 0 Å². The first-order valence-electron chi connectivity index (χ1n) is 5.35. The van der Waals surface area contributed by atoms with Crippen LogP contribution in [0.25, 0.3) is 0 Å². The number of hydrogen-bond acceptors (Lipinski definition) is 3. The molecule has 0 saturated heterocycles. The lowest BCUT2D eigenvalue weighted by atomic mass is 10.1. The highest BCUT2D eigenvalue weighted by Crippen LogP contribution is 2.20. The molecule has 0 amide bonds. The number of nitrogens with one attached hydrogen (secondary N) is 2. The van der Waals surface area contributed by atoms with Crippen LogP contribution >= 0.6 is 0 Å². The molecule has 0 aromatic heterocycles. The Labute approximate surface area is 101 Å². The highest BCUT2D eigenvalue weighted by Gasteiger charge is 2.18. The van der Waals surface area contributed by atoms with Crippen LogP contribution in [-0.2, 0) is 16.6 Å². The van der Waals surface area contributed by atoms with Gasteiger partial charge in [-0.05, 0) is 38.2 Å². The van der Waals surface area contributed by atoms with Crippen molar-refractivity contribution in [3.8, 4) is 0 Å². The summed E-state index contributed by atoms with van der Waals surface area (Å²) >= 11 is 0. The van der Waals surface area contributed by atoms with E-state index < -0.39 is 15.8 Å². The second-order valence-electron chi connectivity index (χ2n) is 3.69. The van der Waals surface area contributed by atoms with Crippen LogP contribution in [0.2, 0.25) is 0 Å². The molecule has 17 heavy (non-hydrogen) atoms. The summed E-state index contributed by atoms with van der Waals surface area (Å²) in [6.45, 7) is 4.57. The second-order valence-corrected chi connectivity index (χ2v) is 5.54. The smallest absolute Gasteiger partial charge is 0.240 e. The fourth-order valence-corrected chi connectivity index (χ4v) is 2.49. The van der Waals surface area contributed by atoms with Crippen LogP contribution in [0.15, 0.2) is 17.0 Å². The minimum Gasteiger partial charge on any atom is -0.313 e. The zero-order valence-electron chi connectivity index (χ0n) is 10.2. The number of sulfonamides is 1. The van der Waals surface area contributed by atoms with Gasteiger partial charge in [-0.25, -0.2) is 17.5 Å². The minimum absolute atomic E-state index is 0.00657. The largest absolute Gasteiger partial charge is 0.313 e. The summed E-state index contributed by atoms with van der Waals surface area (Å²) in [7, 11) is -2.31. The Balaban J connectivity index is 3.25. The molecule has 0 fully saturated rings. The van der Waals surface area contributed by atoms with E-state index in [1.54, 1.807) is 0 Å². The summed E-state index contributed by atoms with van der Waals surface area (Å²) in [6.07, 6.45) is 0. The molecule has 96 valence electrons. The van der Waals surface area contributed by atoms with Gasteiger partial charge in [0.1, 0.15) is 5.82 Å². The third-order valence-corrected chi connectivity index (χ3v) is 4.03. The number of hydrogen-bond donors (Lipinski definition) is 2. The van der Waals surface area contributed by atoms with E-state index in [-0.39, 0.29) is 10.5 Å². The van der Waals surface area contributed by atoms with Gasteiger partial charge in [-0.2, -0.15) is 0 Å². The summed E-state index contributed by atoms with van der Waals surface area (Å²) in [5, 5.41) is 3.03. The van der Waals surface area contributed by atoms with Crippen molar-refractivity contribution in [2.75, 3.05) is 13.6 Å². The van der Waals surface area contributed by atoms with Gasteiger partial charge in [0.25, 0.3) is 0 Å². The maximum absolute atomic E-state index is 13.6. The lowest BCUT2D eigenvalue weighted by Gasteiger charge is -2.10. The van der Waals surface area contributed by atoms with Crippen LogP contribution in [0.3, 0.4) is 0 Å². The number of halogens is 1. The molecule has 1 aromatic carbocycles. The summed E-state index contributed by atoms with van der Waals surface area (Å²) in [6, 6.07) is 2.85. The zero-order valence-corrected chi connectivity index (χ0v) is 11.0. The fourth-order valence-electron chi connectivity index (χ4n) is 1.47. The van der Waals surface area contributed by atoms with Gasteiger partial charge in [0.05, 0.1) is 4.90 Å². The van der Waals surface area contributed by atoms with Crippen molar-refractivity contribution in [2.45, 2.75) is 25.3 Å². The van der Waals surface area contributed by atoms with Crippen LogP contribution in [0.4, 0.5) is 4.39 Å². The van der Waals surface area contributed by atoms with Gasteiger partial charge in [0, 0.05) is 12.1 Å². The highest BCUT2D eigenvalue weighted by atomic mass is 32.2. The van der Waals surface area contributed by atoms with Gasteiger partial charge in [0.2, 0.25) is 10.0 Å². The SMILES string of the molecule is CCNCc1cc(F)c(C)c(S(=O)(=O)NC)c1. The summed E-state index contributed by atoms with van der Waals surface area (Å²) < 4.78 is 39.2. The molecule has 0 aliphatic carbocycles. The molecular formula is C11H17FN2O2S. The lowest BCUT2D eigenvalue weighted by Crippen LogP contribution is -2.21. The van der Waals surface area contributed by atoms with Crippen molar-refractivity contribution >= 4 is 10.0 Å². The monoisotopic (exact) mass is 260 g/mol. The highest BCUT2D eigenvalue weighted by molar-refractivity contribution is 7.89. The Hall–Kier alpha value is -0.980. The van der Waals surface area contributed by atoms with Crippen molar-refractivity contribution < 1.29 is 12.8 Å². The Morgan fingerprint density at radius 1 is 1.35 bits per heavy atom. The third-order valence-electron chi connectivity index (χ3n) is 2.49. The van der Waals surface area contributed by atoms with E-state index in [0.717, 1.165) is 6.54 Å². The summed E-state index contributed by atoms with van der Waals surface area (Å²) in [5.74, 6) is -0.505. The summed E-state index contributed by atoms with van der Waals surface area (Å²) in [5.41, 5.74) is 0.753. The molecule has 0 atom stereocenters. The molecule has 0 spiro atoms. The van der Waals surface area contributed by atoms with Crippen molar-refractivity contribution in [3.63, 3.8) is 0 Å². The van der Waals surface area contributed by atoms with Crippen molar-refractivity contribution in [3.05, 3.63) is 29.1 Å². The predicted octanol–water partition coefficient (Wildman–Crippen LogP) is 1.15. The maximum Gasteiger partial charge on any atom is 0.240 e. The van der Waals surface area contributed by atoms with E-state index in [9.17, 15) is 12.8 Å². The first-order chi connectivity index (χ1) is 7.92. The standard InChI is InChI=1S/C11H17FN2O2S/c1-4-14-7-9-5-10(12)8(2)11(6-9)17(15,16)13-3/h5-6,13-14H,4,7H2,1-3H3. The topological polar surface area (TPSA) is 58.2 Å². The Morgan fingerprint density at radius 3 is 2.53 bits per heavy atom. The van der Waals surface area contributed by atoms with Gasteiger partial charge < -0.3 is 5.32 Å². The molecule has 0 radical (unpaired) electrons. The van der Waals surface area contributed by atoms with Crippen molar-refractivity contribution in [1.82, 2.24) is 10.0 Å². The predicted molar refractivity (Wildman–Crippen MR) is 64.8 cm³/mol. The molecule has 0 saturated carbocycles. The molecular weight excluding hydrogens is 243 g/mol. The first kappa shape index (κ1) is 14.1. The van der Waals surface area contributed by atoms with E-state index in [1.807, 2.05) is 6.92 Å². The summed E-state index contributed by atoms with van der Waals surface area (Å²) in [4.78, 5) is -0.00657. The number of benzene rings is 1. The van der Waals surface area contributed by atoms with Crippen LogP contribution < -0.4 is 10.0 Å². The molecule has 4 nitrogen and oxygen atoms in total. The van der Waals surface area contributed by atoms with Gasteiger partial charge in [0.15, 0.2) is 0 Å². The Morgan fingerprint density at radius 2 is 2.00 bits per heavy atom. The van der Waals surface area contributed by atoms with Crippen molar-refractivity contribution in [1.29, 1.82) is 0 Å². The molecule has 0 heterocycles. The zero-order chi connectivity index (χ0) is 13.1. The molecule has 1 aromatic rings. The van der Waals surface area contributed by atoms with E-state index >= 15 is 0 Å². The molecule has 1 rings (SSSR count). The lowest BCUT2D eigenvalue weighted by molar-refractivity contribution is 0.578. The Kier molecular flexibility index (Phi) is 4.62. The first-order valence-corrected chi connectivity index (χ1v) is 6.84. The average molecular weight is 260 g/mol. The van der Waals surface area contributed by atoms with Gasteiger partial charge in [-0.1, -0.05) is 6.92 Å². The van der Waals surface area contributed by atoms with Crippen LogP contribution in [-0.4, -0.2) is 22.0 Å². The molecule has 0 aliphatic heterocycles. The average Bonchev–Trinajstić information content (AvgIpc) is 2.30. The Bertz CT molecular complexity index is 500. The molecule has 0 bridgehead atoms. The molecule has 0 aliphatic rings. The van der Waals surface area contributed by atoms with E-state index in [0.29, 0.717) is 12.1 Å². The molecule has 0 unspecified atom stereocenters. The van der Waals surface area contributed by atoms with Crippen LogP contribution in [0.1, 0.15) is 18.1 Å². The minimum atomic E-state index is -3.62. The van der Waals surface area contributed by atoms with Crippen LogP contribution in [0, 0.1) is 12.7 Å². The third kappa shape index (κ3) is 3.24. The van der Waals surface area contributed by atoms with Crippen LogP contribution in [0.5, 0.6) is 0 Å². The molecule has 6 heteroatoms. The molecule has 2 N–H and O–H groups in total. The van der Waals surface area contributed by atoms with Gasteiger partial charge in [-0.15, -0.1) is 0 Å². The van der Waals surface area contributed by atoms with Gasteiger partial charge >= 0.3 is 0 Å². The van der Waals surface area contributed by atoms with E-state index in [2.05, 4.69) is 10.0 Å². The maximum atomic E-state index is 13.6. The quantitative estimate of drug-likeness (QED) is 0.835. The van der Waals surface area contributed by atoms with E-state index in [1.165, 1.54) is 26.1 Å². The fraction of sp³-hybridized carbons (Fsp3) is 0.455. The second kappa shape index (κ2) is 5.57.